The molecule has 88 valence electrons. The number of carbonyl (C=O) groups excluding carboxylic acids is 1. The van der Waals surface area contributed by atoms with Gasteiger partial charge in [0.05, 0.1) is 5.92 Å². The number of hydrogen-bond acceptors (Lipinski definition) is 2. The summed E-state index contributed by atoms with van der Waals surface area (Å²) in [6.45, 7) is 1.87. The maximum Gasteiger partial charge on any atom is 0.228 e. The molecule has 0 aromatic carbocycles. The first kappa shape index (κ1) is 13.4. The zero-order chi connectivity index (χ0) is 10.3. The molecule has 3 nitrogen and oxygen atoms in total. The number of halogens is 3. The van der Waals surface area contributed by atoms with Crippen LogP contribution in [0.25, 0.3) is 0 Å². The summed E-state index contributed by atoms with van der Waals surface area (Å²) >= 11 is 11.7. The molecule has 2 rings (SSSR count). The van der Waals surface area contributed by atoms with E-state index < -0.39 is 4.33 Å². The molecule has 1 aliphatic carbocycles. The van der Waals surface area contributed by atoms with Crippen molar-refractivity contribution in [3.8, 4) is 0 Å². The van der Waals surface area contributed by atoms with Crippen molar-refractivity contribution in [3.05, 3.63) is 0 Å². The molecule has 0 aromatic heterocycles. The maximum absolute atomic E-state index is 11.8. The summed E-state index contributed by atoms with van der Waals surface area (Å²) in [4.78, 5) is 13.6. The lowest BCUT2D eigenvalue weighted by atomic mass is 10.2. The Hall–Kier alpha value is 0.300. The van der Waals surface area contributed by atoms with Crippen molar-refractivity contribution in [2.45, 2.75) is 23.2 Å². The van der Waals surface area contributed by atoms with Crippen molar-refractivity contribution in [2.75, 3.05) is 20.1 Å². The number of hydrogen-bond donors (Lipinski definition) is 1. The molecule has 2 aliphatic rings. The minimum absolute atomic E-state index is 0. The van der Waals surface area contributed by atoms with Gasteiger partial charge in [-0.05, 0) is 19.4 Å². The van der Waals surface area contributed by atoms with Crippen LogP contribution >= 0.6 is 35.6 Å². The summed E-state index contributed by atoms with van der Waals surface area (Å²) in [5, 5.41) is 3.23. The van der Waals surface area contributed by atoms with Crippen LogP contribution in [0, 0.1) is 5.92 Å². The number of rotatable bonds is 2. The van der Waals surface area contributed by atoms with Crippen molar-refractivity contribution in [1.29, 1.82) is 0 Å². The molecule has 0 bridgehead atoms. The molecule has 0 aromatic rings. The number of amides is 1. The molecule has 0 radical (unpaired) electrons. The van der Waals surface area contributed by atoms with Gasteiger partial charge in [-0.15, -0.1) is 35.6 Å². The fourth-order valence-corrected chi connectivity index (χ4v) is 2.37. The predicted molar refractivity (Wildman–Crippen MR) is 63.8 cm³/mol. The topological polar surface area (TPSA) is 32.3 Å². The molecular weight excluding hydrogens is 258 g/mol. The van der Waals surface area contributed by atoms with Crippen molar-refractivity contribution in [3.63, 3.8) is 0 Å². The number of alkyl halides is 2. The third-order valence-electron chi connectivity index (χ3n) is 3.05. The molecule has 1 saturated heterocycles. The quantitative estimate of drug-likeness (QED) is 0.772. The van der Waals surface area contributed by atoms with Crippen LogP contribution in [0.4, 0.5) is 0 Å². The van der Waals surface area contributed by atoms with Crippen molar-refractivity contribution < 1.29 is 4.79 Å². The molecule has 2 fully saturated rings. The Morgan fingerprint density at radius 2 is 2.13 bits per heavy atom. The summed E-state index contributed by atoms with van der Waals surface area (Å²) in [6.07, 6.45) is 1.62. The lowest BCUT2D eigenvalue weighted by Crippen LogP contribution is -2.40. The van der Waals surface area contributed by atoms with Crippen LogP contribution in [-0.2, 0) is 4.79 Å². The second kappa shape index (κ2) is 4.66. The molecule has 2 atom stereocenters. The second-order valence-corrected chi connectivity index (χ2v) is 5.66. The first-order valence-electron chi connectivity index (χ1n) is 4.87. The van der Waals surface area contributed by atoms with Crippen molar-refractivity contribution >= 4 is 41.5 Å². The molecule has 1 amide bonds. The van der Waals surface area contributed by atoms with E-state index in [1.165, 1.54) is 0 Å². The summed E-state index contributed by atoms with van der Waals surface area (Å²) in [6, 6.07) is 0.312. The highest BCUT2D eigenvalue weighted by atomic mass is 35.5. The van der Waals surface area contributed by atoms with Crippen LogP contribution in [-0.4, -0.2) is 41.3 Å². The van der Waals surface area contributed by atoms with Gasteiger partial charge < -0.3 is 10.2 Å². The monoisotopic (exact) mass is 272 g/mol. The number of carbonyl (C=O) groups is 1. The zero-order valence-electron chi connectivity index (χ0n) is 8.50. The molecule has 1 heterocycles. The summed E-state index contributed by atoms with van der Waals surface area (Å²) in [5.74, 6) is -0.0971. The molecule has 15 heavy (non-hydrogen) atoms. The van der Waals surface area contributed by atoms with Gasteiger partial charge in [0.15, 0.2) is 0 Å². The second-order valence-electron chi connectivity index (χ2n) is 4.11. The fourth-order valence-electron chi connectivity index (χ4n) is 1.88. The Labute approximate surface area is 106 Å². The smallest absolute Gasteiger partial charge is 0.228 e. The minimum Gasteiger partial charge on any atom is -0.341 e. The molecule has 1 N–H and O–H groups in total. The van der Waals surface area contributed by atoms with Crippen molar-refractivity contribution in [1.82, 2.24) is 10.2 Å². The number of likely N-dealkylation sites (N-methyl/N-ethyl adjacent to an activating group) is 1. The van der Waals surface area contributed by atoms with Gasteiger partial charge in [-0.3, -0.25) is 4.79 Å². The van der Waals surface area contributed by atoms with Gasteiger partial charge in [-0.25, -0.2) is 0 Å². The predicted octanol–water partition coefficient (Wildman–Crippen LogP) is 1.42. The highest BCUT2D eigenvalue weighted by Crippen LogP contribution is 2.53. The first-order chi connectivity index (χ1) is 6.52. The highest BCUT2D eigenvalue weighted by molar-refractivity contribution is 6.52. The fraction of sp³-hybridized carbons (Fsp3) is 0.889. The third-order valence-corrected chi connectivity index (χ3v) is 3.89. The molecule has 0 spiro atoms. The van der Waals surface area contributed by atoms with E-state index in [4.69, 9.17) is 23.2 Å². The maximum atomic E-state index is 11.8. The van der Waals surface area contributed by atoms with E-state index in [0.29, 0.717) is 12.5 Å². The average molecular weight is 274 g/mol. The van der Waals surface area contributed by atoms with Gasteiger partial charge in [-0.1, -0.05) is 0 Å². The number of nitrogens with one attached hydrogen (secondary N) is 1. The highest BCUT2D eigenvalue weighted by Gasteiger charge is 2.57. The van der Waals surface area contributed by atoms with Gasteiger partial charge in [0.1, 0.15) is 4.33 Å². The summed E-state index contributed by atoms with van der Waals surface area (Å²) in [7, 11) is 1.84. The van der Waals surface area contributed by atoms with Crippen LogP contribution in [0.5, 0.6) is 0 Å². The largest absolute Gasteiger partial charge is 0.341 e. The van der Waals surface area contributed by atoms with Gasteiger partial charge in [0, 0.05) is 19.6 Å². The Morgan fingerprint density at radius 3 is 2.53 bits per heavy atom. The molecular formula is C9H15Cl3N2O. The van der Waals surface area contributed by atoms with E-state index >= 15 is 0 Å². The molecule has 1 saturated carbocycles. The van der Waals surface area contributed by atoms with Crippen LogP contribution < -0.4 is 5.32 Å². The molecule has 1 aliphatic heterocycles. The molecule has 2 unspecified atom stereocenters. The lowest BCUT2D eigenvalue weighted by Gasteiger charge is -2.24. The summed E-state index contributed by atoms with van der Waals surface area (Å²) in [5.41, 5.74) is 0. The summed E-state index contributed by atoms with van der Waals surface area (Å²) < 4.78 is -0.794. The van der Waals surface area contributed by atoms with Crippen LogP contribution in [0.15, 0.2) is 0 Å². The third kappa shape index (κ3) is 2.70. The van der Waals surface area contributed by atoms with E-state index in [1.54, 1.807) is 4.90 Å². The minimum atomic E-state index is -0.794. The van der Waals surface area contributed by atoms with Crippen LogP contribution in [0.2, 0.25) is 0 Å². The number of nitrogens with zero attached hydrogens (tertiary/aromatic N) is 1. The van der Waals surface area contributed by atoms with Crippen LogP contribution in [0.3, 0.4) is 0 Å². The van der Waals surface area contributed by atoms with Gasteiger partial charge in [-0.2, -0.15) is 0 Å². The SMILES string of the molecule is CN(C(=O)C1CC1(Cl)Cl)C1CCNC1.Cl. The van der Waals surface area contributed by atoms with E-state index in [9.17, 15) is 4.79 Å². The van der Waals surface area contributed by atoms with E-state index in [-0.39, 0.29) is 24.2 Å². The Bertz CT molecular complexity index is 254. The first-order valence-corrected chi connectivity index (χ1v) is 5.63. The molecule has 6 heteroatoms. The Balaban J connectivity index is 0.00000112. The van der Waals surface area contributed by atoms with Crippen molar-refractivity contribution in [2.24, 2.45) is 5.92 Å². The van der Waals surface area contributed by atoms with Crippen LogP contribution in [0.1, 0.15) is 12.8 Å². The zero-order valence-corrected chi connectivity index (χ0v) is 10.8. The van der Waals surface area contributed by atoms with Gasteiger partial charge in [0.25, 0.3) is 0 Å². The van der Waals surface area contributed by atoms with Gasteiger partial charge in [0.2, 0.25) is 5.91 Å². The normalized spacial score (nSPS) is 31.9. The Kier molecular flexibility index (Phi) is 4.15. The lowest BCUT2D eigenvalue weighted by molar-refractivity contribution is -0.133. The van der Waals surface area contributed by atoms with Gasteiger partial charge >= 0.3 is 0 Å². The Morgan fingerprint density at radius 1 is 1.53 bits per heavy atom. The van der Waals surface area contributed by atoms with E-state index in [2.05, 4.69) is 5.32 Å². The van der Waals surface area contributed by atoms with E-state index in [1.807, 2.05) is 7.05 Å². The van der Waals surface area contributed by atoms with E-state index in [0.717, 1.165) is 19.5 Å². The average Bonchev–Trinajstić information content (AvgIpc) is 2.60. The standard InChI is InChI=1S/C9H14Cl2N2O.ClH/c1-13(6-2-3-12-5-6)8(14)7-4-9(7,10)11;/h6-7,12H,2-5H2,1H3;1H.